The number of amides is 1. The molecule has 20 heavy (non-hydrogen) atoms. The molecule has 0 aliphatic carbocycles. The molecule has 1 aromatic heterocycles. The molecule has 102 valence electrons. The Hall–Kier alpha value is -2.76. The quantitative estimate of drug-likeness (QED) is 0.901. The number of halogens is 1. The van der Waals surface area contributed by atoms with Crippen molar-refractivity contribution in [2.45, 2.75) is 6.92 Å². The minimum atomic E-state index is -1.22. The molecule has 0 spiro atoms. The lowest BCUT2D eigenvalue weighted by Crippen LogP contribution is -2.16. The fraction of sp³-hybridized carbons (Fsp3) is 0.0714. The van der Waals surface area contributed by atoms with Crippen molar-refractivity contribution in [3.63, 3.8) is 0 Å². The second kappa shape index (κ2) is 5.48. The third-order valence-electron chi connectivity index (χ3n) is 2.65. The van der Waals surface area contributed by atoms with Crippen LogP contribution in [0, 0.1) is 12.7 Å². The molecule has 1 aromatic carbocycles. The molecule has 2 aromatic rings. The van der Waals surface area contributed by atoms with Gasteiger partial charge in [-0.05, 0) is 36.8 Å². The number of carbonyl (C=O) groups excluding carboxylic acids is 1. The van der Waals surface area contributed by atoms with E-state index in [1.807, 2.05) is 0 Å². The molecular formula is C14H11FN2O3. The molecule has 2 N–H and O–H groups in total. The molecule has 1 heterocycles. The van der Waals surface area contributed by atoms with Crippen LogP contribution in [0.15, 0.2) is 36.4 Å². The molecule has 0 atom stereocenters. The van der Waals surface area contributed by atoms with E-state index >= 15 is 0 Å². The van der Waals surface area contributed by atoms with Gasteiger partial charge in [0.15, 0.2) is 0 Å². The van der Waals surface area contributed by atoms with Crippen LogP contribution in [0.4, 0.5) is 10.1 Å². The number of rotatable bonds is 3. The number of pyridine rings is 1. The number of nitrogens with zero attached hydrogens (tertiary/aromatic N) is 1. The van der Waals surface area contributed by atoms with Gasteiger partial charge in [0, 0.05) is 5.69 Å². The van der Waals surface area contributed by atoms with Crippen LogP contribution < -0.4 is 5.32 Å². The van der Waals surface area contributed by atoms with Crippen molar-refractivity contribution < 1.29 is 19.1 Å². The fourth-order valence-electron chi connectivity index (χ4n) is 1.60. The fourth-order valence-corrected chi connectivity index (χ4v) is 1.60. The summed E-state index contributed by atoms with van der Waals surface area (Å²) < 4.78 is 13.1. The van der Waals surface area contributed by atoms with Crippen molar-refractivity contribution >= 4 is 17.6 Å². The van der Waals surface area contributed by atoms with Gasteiger partial charge in [0.05, 0.1) is 0 Å². The number of hydrogen-bond donors (Lipinski definition) is 2. The normalized spacial score (nSPS) is 10.1. The Morgan fingerprint density at radius 2 is 1.90 bits per heavy atom. The lowest BCUT2D eigenvalue weighted by atomic mass is 10.2. The average Bonchev–Trinajstić information content (AvgIpc) is 2.43. The van der Waals surface area contributed by atoms with E-state index in [0.29, 0.717) is 11.3 Å². The number of aromatic carboxylic acids is 1. The lowest BCUT2D eigenvalue weighted by molar-refractivity contribution is 0.0690. The Labute approximate surface area is 114 Å². The van der Waals surface area contributed by atoms with E-state index in [2.05, 4.69) is 10.3 Å². The maximum absolute atomic E-state index is 13.1. The van der Waals surface area contributed by atoms with Gasteiger partial charge >= 0.3 is 5.97 Å². The second-order valence-corrected chi connectivity index (χ2v) is 4.13. The van der Waals surface area contributed by atoms with Crippen LogP contribution in [0.1, 0.15) is 26.5 Å². The molecule has 0 fully saturated rings. The molecule has 6 heteroatoms. The predicted molar refractivity (Wildman–Crippen MR) is 70.3 cm³/mol. The van der Waals surface area contributed by atoms with E-state index in [1.54, 1.807) is 6.92 Å². The summed E-state index contributed by atoms with van der Waals surface area (Å²) in [7, 11) is 0. The van der Waals surface area contributed by atoms with Gasteiger partial charge in [-0.3, -0.25) is 4.79 Å². The molecule has 1 amide bonds. The number of aromatic nitrogens is 1. The van der Waals surface area contributed by atoms with E-state index in [-0.39, 0.29) is 11.4 Å². The van der Waals surface area contributed by atoms with Crippen molar-refractivity contribution in [1.29, 1.82) is 0 Å². The zero-order valence-electron chi connectivity index (χ0n) is 10.6. The molecule has 0 radical (unpaired) electrons. The number of anilines is 1. The maximum atomic E-state index is 13.1. The first-order valence-corrected chi connectivity index (χ1v) is 5.75. The van der Waals surface area contributed by atoms with E-state index in [0.717, 1.165) is 0 Å². The first-order chi connectivity index (χ1) is 9.47. The van der Waals surface area contributed by atoms with E-state index < -0.39 is 17.7 Å². The van der Waals surface area contributed by atoms with Crippen molar-refractivity contribution in [1.82, 2.24) is 4.98 Å². The first kappa shape index (κ1) is 13.7. The molecule has 0 unspecified atom stereocenters. The molecule has 0 aliphatic rings. The van der Waals surface area contributed by atoms with Crippen LogP contribution in [-0.2, 0) is 0 Å². The van der Waals surface area contributed by atoms with Gasteiger partial charge < -0.3 is 10.4 Å². The Balaban J connectivity index is 2.26. The molecule has 0 saturated carbocycles. The van der Waals surface area contributed by atoms with E-state index in [4.69, 9.17) is 5.11 Å². The van der Waals surface area contributed by atoms with Crippen molar-refractivity contribution in [3.05, 3.63) is 59.2 Å². The summed E-state index contributed by atoms with van der Waals surface area (Å²) in [4.78, 5) is 26.5. The Morgan fingerprint density at radius 3 is 2.60 bits per heavy atom. The highest BCUT2D eigenvalue weighted by atomic mass is 19.1. The van der Waals surface area contributed by atoms with Crippen molar-refractivity contribution in [3.8, 4) is 0 Å². The molecular weight excluding hydrogens is 263 g/mol. The Bertz CT molecular complexity index is 686. The molecule has 0 aliphatic heterocycles. The Kier molecular flexibility index (Phi) is 3.74. The summed E-state index contributed by atoms with van der Waals surface area (Å²) in [6, 6.07) is 8.10. The minimum absolute atomic E-state index is 0.0476. The standard InChI is InChI=1S/C14H11FN2O3/c1-8-5-6-9(15)7-12(8)17-13(18)10-3-2-4-11(16-10)14(19)20/h2-7H,1H3,(H,17,18)(H,19,20). The summed E-state index contributed by atoms with van der Waals surface area (Å²) in [5.41, 5.74) is 0.730. The van der Waals surface area contributed by atoms with Crippen molar-refractivity contribution in [2.24, 2.45) is 0 Å². The number of aryl methyl sites for hydroxylation is 1. The van der Waals surface area contributed by atoms with E-state index in [1.165, 1.54) is 36.4 Å². The molecule has 2 rings (SSSR count). The number of nitrogens with one attached hydrogen (secondary N) is 1. The van der Waals surface area contributed by atoms with Crippen LogP contribution >= 0.6 is 0 Å². The number of carboxylic acids is 1. The van der Waals surface area contributed by atoms with Crippen LogP contribution in [-0.4, -0.2) is 22.0 Å². The Morgan fingerprint density at radius 1 is 1.20 bits per heavy atom. The largest absolute Gasteiger partial charge is 0.477 e. The van der Waals surface area contributed by atoms with Gasteiger partial charge in [0.2, 0.25) is 0 Å². The lowest BCUT2D eigenvalue weighted by Gasteiger charge is -2.08. The van der Waals surface area contributed by atoms with Gasteiger partial charge in [0.1, 0.15) is 17.2 Å². The molecule has 0 bridgehead atoms. The van der Waals surface area contributed by atoms with Crippen LogP contribution in [0.5, 0.6) is 0 Å². The molecule has 0 saturated heterocycles. The van der Waals surface area contributed by atoms with Crippen LogP contribution in [0.25, 0.3) is 0 Å². The number of carboxylic acid groups (broad SMARTS) is 1. The van der Waals surface area contributed by atoms with E-state index in [9.17, 15) is 14.0 Å². The average molecular weight is 274 g/mol. The summed E-state index contributed by atoms with van der Waals surface area (Å²) in [5, 5.41) is 11.3. The summed E-state index contributed by atoms with van der Waals surface area (Å²) >= 11 is 0. The third kappa shape index (κ3) is 2.97. The van der Waals surface area contributed by atoms with Crippen LogP contribution in [0.3, 0.4) is 0 Å². The number of hydrogen-bond acceptors (Lipinski definition) is 3. The smallest absolute Gasteiger partial charge is 0.354 e. The maximum Gasteiger partial charge on any atom is 0.354 e. The van der Waals surface area contributed by atoms with Gasteiger partial charge in [-0.2, -0.15) is 0 Å². The van der Waals surface area contributed by atoms with Gasteiger partial charge in [-0.15, -0.1) is 0 Å². The number of carbonyl (C=O) groups is 2. The molecule has 5 nitrogen and oxygen atoms in total. The summed E-state index contributed by atoms with van der Waals surface area (Å²) in [5.74, 6) is -2.29. The number of benzene rings is 1. The summed E-state index contributed by atoms with van der Waals surface area (Å²) in [6.45, 7) is 1.72. The van der Waals surface area contributed by atoms with Gasteiger partial charge in [-0.1, -0.05) is 12.1 Å². The zero-order valence-corrected chi connectivity index (χ0v) is 10.6. The minimum Gasteiger partial charge on any atom is -0.477 e. The third-order valence-corrected chi connectivity index (χ3v) is 2.65. The highest BCUT2D eigenvalue weighted by Crippen LogP contribution is 2.16. The van der Waals surface area contributed by atoms with Gasteiger partial charge in [0.25, 0.3) is 5.91 Å². The highest BCUT2D eigenvalue weighted by Gasteiger charge is 2.12. The van der Waals surface area contributed by atoms with Crippen molar-refractivity contribution in [2.75, 3.05) is 5.32 Å². The zero-order chi connectivity index (χ0) is 14.7. The topological polar surface area (TPSA) is 79.3 Å². The predicted octanol–water partition coefficient (Wildman–Crippen LogP) is 2.48. The summed E-state index contributed by atoms with van der Waals surface area (Å²) in [6.07, 6.45) is 0. The van der Waals surface area contributed by atoms with Crippen LogP contribution in [0.2, 0.25) is 0 Å². The first-order valence-electron chi connectivity index (χ1n) is 5.75. The monoisotopic (exact) mass is 274 g/mol. The second-order valence-electron chi connectivity index (χ2n) is 4.13. The van der Waals surface area contributed by atoms with Gasteiger partial charge in [-0.25, -0.2) is 14.2 Å². The highest BCUT2D eigenvalue weighted by molar-refractivity contribution is 6.03. The SMILES string of the molecule is Cc1ccc(F)cc1NC(=O)c1cccc(C(=O)O)n1.